The second-order valence-electron chi connectivity index (χ2n) is 5.26. The third-order valence-electron chi connectivity index (χ3n) is 3.68. The molecule has 118 valence electrons. The van der Waals surface area contributed by atoms with Crippen LogP contribution in [0.4, 0.5) is 0 Å². The summed E-state index contributed by atoms with van der Waals surface area (Å²) in [5, 5.41) is 0. The Morgan fingerprint density at radius 1 is 1.14 bits per heavy atom. The van der Waals surface area contributed by atoms with E-state index in [-0.39, 0.29) is 13.2 Å². The first-order valence-corrected chi connectivity index (χ1v) is 7.42. The minimum Gasteiger partial charge on any atom is -0.493 e. The zero-order valence-electron chi connectivity index (χ0n) is 13.0. The number of ether oxygens (including phenoxy) is 1. The van der Waals surface area contributed by atoms with E-state index in [0.717, 1.165) is 41.9 Å². The van der Waals surface area contributed by atoms with Gasteiger partial charge in [0.2, 0.25) is 0 Å². The van der Waals surface area contributed by atoms with Gasteiger partial charge in [-0.3, -0.25) is 4.79 Å². The first-order valence-electron chi connectivity index (χ1n) is 7.42. The molecule has 0 fully saturated rings. The fraction of sp³-hybridized carbons (Fsp3) is 0.526. The van der Waals surface area contributed by atoms with Gasteiger partial charge < -0.3 is 4.74 Å². The van der Waals surface area contributed by atoms with Gasteiger partial charge in [-0.25, -0.2) is 0 Å². The fourth-order valence-electron chi connectivity index (χ4n) is 2.26. The summed E-state index contributed by atoms with van der Waals surface area (Å²) in [4.78, 5) is 11.5. The molecule has 0 aliphatic carbocycles. The molecule has 0 aliphatic heterocycles. The molecule has 0 N–H and O–H groups in total. The molecule has 0 atom stereocenters. The van der Waals surface area contributed by atoms with Crippen LogP contribution in [0.5, 0.6) is 5.75 Å². The Balaban J connectivity index is 0.00000400. The Kier molecular flexibility index (Phi) is 9.44. The molecule has 2 heteroatoms. The van der Waals surface area contributed by atoms with E-state index in [1.165, 1.54) is 19.3 Å². The van der Waals surface area contributed by atoms with Crippen LogP contribution in [-0.4, -0.2) is 12.4 Å². The molecule has 2 nitrogen and oxygen atoms in total. The third-order valence-corrected chi connectivity index (χ3v) is 3.68. The average Bonchev–Trinajstić information content (AvgIpc) is 2.42. The zero-order chi connectivity index (χ0) is 15.0. The molecule has 0 bridgehead atoms. The van der Waals surface area contributed by atoms with Crippen molar-refractivity contribution < 1.29 is 9.53 Å². The van der Waals surface area contributed by atoms with Gasteiger partial charge in [-0.1, -0.05) is 26.3 Å². The van der Waals surface area contributed by atoms with Crippen molar-refractivity contribution in [2.75, 3.05) is 6.61 Å². The van der Waals surface area contributed by atoms with Crippen LogP contribution >= 0.6 is 0 Å². The molecule has 0 saturated heterocycles. The summed E-state index contributed by atoms with van der Waals surface area (Å²) in [5.41, 5.74) is 2.89. The lowest BCUT2D eigenvalue weighted by atomic mass is 10.00. The molecule has 1 aromatic rings. The quantitative estimate of drug-likeness (QED) is 0.333. The number of benzene rings is 1. The Morgan fingerprint density at radius 2 is 1.81 bits per heavy atom. The topological polar surface area (TPSA) is 26.3 Å². The largest absolute Gasteiger partial charge is 0.493 e. The standard InChI is InChI=1S/C18H26O2.CH4/c1-5-6-7-8-9-10-13-20-18-12-11-17(16(4)19)14(2)15(18)3;/h5,11-12H,1,6-10,13H2,2-4H3;1H4. The summed E-state index contributed by atoms with van der Waals surface area (Å²) < 4.78 is 5.83. The summed E-state index contributed by atoms with van der Waals surface area (Å²) >= 11 is 0. The minimum atomic E-state index is 0. The molecule has 1 rings (SSSR count). The van der Waals surface area contributed by atoms with Gasteiger partial charge in [0.05, 0.1) is 6.61 Å². The van der Waals surface area contributed by atoms with Crippen LogP contribution in [-0.2, 0) is 0 Å². The summed E-state index contributed by atoms with van der Waals surface area (Å²) in [6.07, 6.45) is 7.79. The molecule has 21 heavy (non-hydrogen) atoms. The average molecular weight is 290 g/mol. The normalized spacial score (nSPS) is 9.86. The second kappa shape index (κ2) is 10.2. The second-order valence-corrected chi connectivity index (χ2v) is 5.26. The number of carbonyl (C=O) groups excluding carboxylic acids is 1. The minimum absolute atomic E-state index is 0. The van der Waals surface area contributed by atoms with Crippen molar-refractivity contribution in [2.45, 2.75) is 60.3 Å². The predicted molar refractivity (Wildman–Crippen MR) is 91.4 cm³/mol. The van der Waals surface area contributed by atoms with Crippen molar-refractivity contribution >= 4 is 5.78 Å². The van der Waals surface area contributed by atoms with Crippen LogP contribution in [0, 0.1) is 13.8 Å². The van der Waals surface area contributed by atoms with Gasteiger partial charge in [-0.2, -0.15) is 0 Å². The SMILES string of the molecule is C.C=CCCCCCCOc1ccc(C(C)=O)c(C)c1C. The van der Waals surface area contributed by atoms with Crippen molar-refractivity contribution in [2.24, 2.45) is 0 Å². The highest BCUT2D eigenvalue weighted by atomic mass is 16.5. The highest BCUT2D eigenvalue weighted by Crippen LogP contribution is 2.24. The van der Waals surface area contributed by atoms with Gasteiger partial charge in [0, 0.05) is 5.56 Å². The van der Waals surface area contributed by atoms with Gasteiger partial charge >= 0.3 is 0 Å². The number of carbonyl (C=O) groups is 1. The molecule has 0 unspecified atom stereocenters. The molecule has 0 aromatic heterocycles. The van der Waals surface area contributed by atoms with Gasteiger partial charge in [0.25, 0.3) is 0 Å². The van der Waals surface area contributed by atoms with E-state index in [1.54, 1.807) is 6.92 Å². The number of unbranched alkanes of at least 4 members (excludes halogenated alkanes) is 4. The molecule has 0 spiro atoms. The van der Waals surface area contributed by atoms with Gasteiger partial charge in [-0.05, 0) is 63.3 Å². The highest BCUT2D eigenvalue weighted by molar-refractivity contribution is 5.96. The van der Waals surface area contributed by atoms with Crippen LogP contribution in [0.15, 0.2) is 24.8 Å². The van der Waals surface area contributed by atoms with Crippen molar-refractivity contribution in [1.82, 2.24) is 0 Å². The van der Waals surface area contributed by atoms with Gasteiger partial charge in [0.1, 0.15) is 5.75 Å². The molecule has 0 radical (unpaired) electrons. The maximum Gasteiger partial charge on any atom is 0.160 e. The number of Topliss-reactive ketones (excluding diaryl/α,β-unsaturated/α-hetero) is 1. The number of ketones is 1. The number of hydrogen-bond acceptors (Lipinski definition) is 2. The van der Waals surface area contributed by atoms with Crippen LogP contribution in [0.2, 0.25) is 0 Å². The van der Waals surface area contributed by atoms with E-state index in [9.17, 15) is 4.79 Å². The molecule has 0 aliphatic rings. The molecule has 0 heterocycles. The predicted octanol–water partition coefficient (Wildman–Crippen LogP) is 5.66. The lowest BCUT2D eigenvalue weighted by Crippen LogP contribution is -2.03. The van der Waals surface area contributed by atoms with E-state index in [2.05, 4.69) is 6.58 Å². The maximum atomic E-state index is 11.5. The number of hydrogen-bond donors (Lipinski definition) is 0. The molecular formula is C19H30O2. The molecule has 0 amide bonds. The lowest BCUT2D eigenvalue weighted by molar-refractivity contribution is 0.101. The fourth-order valence-corrected chi connectivity index (χ4v) is 2.26. The van der Waals surface area contributed by atoms with E-state index in [0.29, 0.717) is 0 Å². The van der Waals surface area contributed by atoms with Crippen molar-refractivity contribution in [1.29, 1.82) is 0 Å². The van der Waals surface area contributed by atoms with E-state index in [1.807, 2.05) is 32.1 Å². The van der Waals surface area contributed by atoms with E-state index >= 15 is 0 Å². The molecular weight excluding hydrogens is 260 g/mol. The smallest absolute Gasteiger partial charge is 0.160 e. The Morgan fingerprint density at radius 3 is 2.43 bits per heavy atom. The third kappa shape index (κ3) is 6.16. The monoisotopic (exact) mass is 290 g/mol. The van der Waals surface area contributed by atoms with E-state index in [4.69, 9.17) is 4.74 Å². The number of allylic oxidation sites excluding steroid dienone is 1. The summed E-state index contributed by atoms with van der Waals surface area (Å²) in [7, 11) is 0. The highest BCUT2D eigenvalue weighted by Gasteiger charge is 2.10. The van der Waals surface area contributed by atoms with Crippen LogP contribution < -0.4 is 4.74 Å². The van der Waals surface area contributed by atoms with Crippen molar-refractivity contribution in [3.05, 3.63) is 41.5 Å². The summed E-state index contributed by atoms with van der Waals surface area (Å²) in [5.74, 6) is 1.01. The maximum absolute atomic E-state index is 11.5. The first kappa shape index (κ1) is 19.4. The van der Waals surface area contributed by atoms with E-state index < -0.39 is 0 Å². The van der Waals surface area contributed by atoms with Gasteiger partial charge in [-0.15, -0.1) is 6.58 Å². The van der Waals surface area contributed by atoms with Crippen molar-refractivity contribution in [3.63, 3.8) is 0 Å². The molecule has 0 saturated carbocycles. The zero-order valence-corrected chi connectivity index (χ0v) is 13.0. The van der Waals surface area contributed by atoms with Gasteiger partial charge in [0.15, 0.2) is 5.78 Å². The van der Waals surface area contributed by atoms with Crippen molar-refractivity contribution in [3.8, 4) is 5.75 Å². The van der Waals surface area contributed by atoms with Crippen LogP contribution in [0.1, 0.15) is 67.9 Å². The molecule has 1 aromatic carbocycles. The Hall–Kier alpha value is -1.57. The summed E-state index contributed by atoms with van der Waals surface area (Å²) in [6, 6.07) is 3.78. The Labute approximate surface area is 130 Å². The van der Waals surface area contributed by atoms with Crippen LogP contribution in [0.25, 0.3) is 0 Å². The lowest BCUT2D eigenvalue weighted by Gasteiger charge is -2.13. The number of rotatable bonds is 9. The van der Waals surface area contributed by atoms with Crippen LogP contribution in [0.3, 0.4) is 0 Å². The summed E-state index contributed by atoms with van der Waals surface area (Å²) in [6.45, 7) is 10.1. The first-order chi connectivity index (χ1) is 9.57. The Bertz CT molecular complexity index is 461.